The van der Waals surface area contributed by atoms with E-state index in [0.717, 1.165) is 10.8 Å². The Morgan fingerprint density at radius 1 is 1.35 bits per heavy atom. The molecule has 4 nitrogen and oxygen atoms in total. The van der Waals surface area contributed by atoms with Gasteiger partial charge in [0, 0.05) is 30.3 Å². The predicted molar refractivity (Wildman–Crippen MR) is 68.1 cm³/mol. The molecule has 0 bridgehead atoms. The Morgan fingerprint density at radius 3 is 2.94 bits per heavy atom. The van der Waals surface area contributed by atoms with Crippen LogP contribution < -0.4 is 10.5 Å². The molecule has 1 heterocycles. The summed E-state index contributed by atoms with van der Waals surface area (Å²) in [5, 5.41) is 1.97. The van der Waals surface area contributed by atoms with E-state index < -0.39 is 0 Å². The van der Waals surface area contributed by atoms with Gasteiger partial charge in [-0.25, -0.2) is 0 Å². The van der Waals surface area contributed by atoms with E-state index in [1.165, 1.54) is 0 Å². The van der Waals surface area contributed by atoms with Crippen LogP contribution in [0.5, 0.6) is 5.75 Å². The van der Waals surface area contributed by atoms with Crippen molar-refractivity contribution in [2.75, 3.05) is 19.5 Å². The van der Waals surface area contributed by atoms with E-state index in [1.54, 1.807) is 19.5 Å². The van der Waals surface area contributed by atoms with Gasteiger partial charge >= 0.3 is 0 Å². The number of hydrogen-bond donors (Lipinski definition) is 1. The fraction of sp³-hybridized carbons (Fsp3) is 0.308. The van der Waals surface area contributed by atoms with Crippen LogP contribution in [0.15, 0.2) is 30.6 Å². The normalized spacial score (nSPS) is 12.6. The summed E-state index contributed by atoms with van der Waals surface area (Å²) < 4.78 is 10.8. The number of aromatic nitrogens is 1. The van der Waals surface area contributed by atoms with E-state index in [-0.39, 0.29) is 6.10 Å². The van der Waals surface area contributed by atoms with Crippen LogP contribution in [0.25, 0.3) is 10.8 Å². The molecule has 90 valence electrons. The van der Waals surface area contributed by atoms with Crippen molar-refractivity contribution in [3.05, 3.63) is 30.6 Å². The Bertz CT molecular complexity index is 514. The number of rotatable bonds is 4. The fourth-order valence-electron chi connectivity index (χ4n) is 1.76. The number of nitrogens with two attached hydrogens (primary N) is 1. The van der Waals surface area contributed by atoms with Gasteiger partial charge in [0.1, 0.15) is 11.9 Å². The number of hydrogen-bond acceptors (Lipinski definition) is 4. The second kappa shape index (κ2) is 5.01. The summed E-state index contributed by atoms with van der Waals surface area (Å²) >= 11 is 0. The van der Waals surface area contributed by atoms with Gasteiger partial charge in [-0.1, -0.05) is 0 Å². The molecule has 1 unspecified atom stereocenters. The fourth-order valence-corrected chi connectivity index (χ4v) is 1.76. The van der Waals surface area contributed by atoms with Crippen molar-refractivity contribution in [1.29, 1.82) is 0 Å². The molecule has 2 aromatic rings. The standard InChI is InChI=1S/C13H16N2O2/c1-9(8-16-2)17-12-4-3-10-7-15-6-5-11(10)13(12)14/h3-7,9H,8,14H2,1-2H3. The Morgan fingerprint density at radius 2 is 2.18 bits per heavy atom. The molecule has 17 heavy (non-hydrogen) atoms. The molecule has 4 heteroatoms. The maximum atomic E-state index is 6.07. The molecule has 0 aliphatic heterocycles. The Hall–Kier alpha value is -1.81. The zero-order valence-electron chi connectivity index (χ0n) is 10.0. The smallest absolute Gasteiger partial charge is 0.143 e. The third kappa shape index (κ3) is 2.47. The number of nitrogens with zero attached hydrogens (tertiary/aromatic N) is 1. The molecule has 0 aliphatic carbocycles. The summed E-state index contributed by atoms with van der Waals surface area (Å²) in [6, 6.07) is 5.71. The third-order valence-electron chi connectivity index (χ3n) is 2.55. The summed E-state index contributed by atoms with van der Waals surface area (Å²) in [4.78, 5) is 4.06. The molecule has 1 aromatic heterocycles. The van der Waals surface area contributed by atoms with Crippen LogP contribution in [0, 0.1) is 0 Å². The molecule has 0 saturated heterocycles. The number of benzene rings is 1. The van der Waals surface area contributed by atoms with Crippen molar-refractivity contribution < 1.29 is 9.47 Å². The lowest BCUT2D eigenvalue weighted by atomic mass is 10.1. The average molecular weight is 232 g/mol. The van der Waals surface area contributed by atoms with Crippen LogP contribution in [-0.4, -0.2) is 24.8 Å². The molecule has 0 aliphatic rings. The van der Waals surface area contributed by atoms with Gasteiger partial charge in [-0.2, -0.15) is 0 Å². The lowest BCUT2D eigenvalue weighted by Crippen LogP contribution is -2.18. The number of ether oxygens (including phenoxy) is 2. The van der Waals surface area contributed by atoms with Crippen molar-refractivity contribution in [2.24, 2.45) is 0 Å². The molecule has 0 saturated carbocycles. The van der Waals surface area contributed by atoms with E-state index in [2.05, 4.69) is 4.98 Å². The van der Waals surface area contributed by atoms with E-state index >= 15 is 0 Å². The molecule has 2 rings (SSSR count). The minimum absolute atomic E-state index is 0.0263. The Kier molecular flexibility index (Phi) is 3.44. The molecular formula is C13H16N2O2. The van der Waals surface area contributed by atoms with Gasteiger partial charge < -0.3 is 15.2 Å². The predicted octanol–water partition coefficient (Wildman–Crippen LogP) is 2.23. The highest BCUT2D eigenvalue weighted by atomic mass is 16.5. The SMILES string of the molecule is COCC(C)Oc1ccc2cnccc2c1N. The van der Waals surface area contributed by atoms with Crippen LogP contribution in [-0.2, 0) is 4.74 Å². The summed E-state index contributed by atoms with van der Waals surface area (Å²) in [7, 11) is 1.65. The van der Waals surface area contributed by atoms with E-state index in [1.807, 2.05) is 25.1 Å². The third-order valence-corrected chi connectivity index (χ3v) is 2.55. The number of pyridine rings is 1. The van der Waals surface area contributed by atoms with Gasteiger partial charge in [0.05, 0.1) is 12.3 Å². The minimum Gasteiger partial charge on any atom is -0.486 e. The lowest BCUT2D eigenvalue weighted by molar-refractivity contribution is 0.0926. The first-order chi connectivity index (χ1) is 8.22. The quantitative estimate of drug-likeness (QED) is 0.821. The van der Waals surface area contributed by atoms with Gasteiger partial charge in [0.2, 0.25) is 0 Å². The van der Waals surface area contributed by atoms with E-state index in [4.69, 9.17) is 15.2 Å². The highest BCUT2D eigenvalue weighted by Gasteiger charge is 2.09. The molecule has 1 aromatic carbocycles. The maximum Gasteiger partial charge on any atom is 0.143 e. The average Bonchev–Trinajstić information content (AvgIpc) is 2.33. The largest absolute Gasteiger partial charge is 0.486 e. The highest BCUT2D eigenvalue weighted by molar-refractivity contribution is 5.95. The highest BCUT2D eigenvalue weighted by Crippen LogP contribution is 2.30. The first kappa shape index (κ1) is 11.7. The van der Waals surface area contributed by atoms with Crippen molar-refractivity contribution in [3.8, 4) is 5.75 Å². The second-order valence-electron chi connectivity index (χ2n) is 3.96. The zero-order valence-corrected chi connectivity index (χ0v) is 10.0. The number of anilines is 1. The van der Waals surface area contributed by atoms with Gasteiger partial charge in [-0.3, -0.25) is 4.98 Å². The number of fused-ring (bicyclic) bond motifs is 1. The molecular weight excluding hydrogens is 216 g/mol. The van der Waals surface area contributed by atoms with Crippen molar-refractivity contribution >= 4 is 16.5 Å². The lowest BCUT2D eigenvalue weighted by Gasteiger charge is -2.16. The topological polar surface area (TPSA) is 57.4 Å². The molecule has 0 radical (unpaired) electrons. The summed E-state index contributed by atoms with van der Waals surface area (Å²) in [6.45, 7) is 2.48. The van der Waals surface area contributed by atoms with Crippen molar-refractivity contribution in [1.82, 2.24) is 4.98 Å². The molecule has 2 N–H and O–H groups in total. The first-order valence-electron chi connectivity index (χ1n) is 5.50. The van der Waals surface area contributed by atoms with Gasteiger partial charge in [-0.15, -0.1) is 0 Å². The van der Waals surface area contributed by atoms with E-state index in [9.17, 15) is 0 Å². The molecule has 0 amide bonds. The summed E-state index contributed by atoms with van der Waals surface area (Å²) in [5.41, 5.74) is 6.72. The van der Waals surface area contributed by atoms with Crippen molar-refractivity contribution in [3.63, 3.8) is 0 Å². The second-order valence-corrected chi connectivity index (χ2v) is 3.96. The Labute approximate surface area is 100 Å². The maximum absolute atomic E-state index is 6.07. The van der Waals surface area contributed by atoms with Gasteiger partial charge in [0.15, 0.2) is 0 Å². The van der Waals surface area contributed by atoms with Crippen LogP contribution >= 0.6 is 0 Å². The van der Waals surface area contributed by atoms with Crippen LogP contribution in [0.3, 0.4) is 0 Å². The van der Waals surface area contributed by atoms with Gasteiger partial charge in [-0.05, 0) is 25.1 Å². The Balaban J connectivity index is 2.32. The minimum atomic E-state index is -0.0263. The summed E-state index contributed by atoms with van der Waals surface area (Å²) in [6.07, 6.45) is 3.48. The van der Waals surface area contributed by atoms with Crippen LogP contribution in [0.4, 0.5) is 5.69 Å². The monoisotopic (exact) mass is 232 g/mol. The molecule has 0 spiro atoms. The molecule has 1 atom stereocenters. The number of methoxy groups -OCH3 is 1. The van der Waals surface area contributed by atoms with Crippen molar-refractivity contribution in [2.45, 2.75) is 13.0 Å². The zero-order chi connectivity index (χ0) is 12.3. The molecule has 0 fully saturated rings. The number of nitrogen functional groups attached to an aromatic ring is 1. The van der Waals surface area contributed by atoms with Crippen LogP contribution in [0.1, 0.15) is 6.92 Å². The first-order valence-corrected chi connectivity index (χ1v) is 5.50. The van der Waals surface area contributed by atoms with E-state index in [0.29, 0.717) is 18.0 Å². The summed E-state index contributed by atoms with van der Waals surface area (Å²) in [5.74, 6) is 0.688. The van der Waals surface area contributed by atoms with Gasteiger partial charge in [0.25, 0.3) is 0 Å². The van der Waals surface area contributed by atoms with Crippen LogP contribution in [0.2, 0.25) is 0 Å².